The van der Waals surface area contributed by atoms with Gasteiger partial charge in [-0.05, 0) is 49.7 Å². The van der Waals surface area contributed by atoms with Crippen LogP contribution in [0.3, 0.4) is 0 Å². The third-order valence-electron chi connectivity index (χ3n) is 6.41. The summed E-state index contributed by atoms with van der Waals surface area (Å²) in [4.78, 5) is 51.6. The average Bonchev–Trinajstić information content (AvgIpc) is 3.05. The van der Waals surface area contributed by atoms with E-state index in [0.29, 0.717) is 49.2 Å². The number of rotatable bonds is 5. The Kier molecular flexibility index (Phi) is 5.56. The van der Waals surface area contributed by atoms with E-state index >= 15 is 0 Å². The summed E-state index contributed by atoms with van der Waals surface area (Å²) in [5, 5.41) is 5.71. The molecule has 1 aromatic heterocycles. The lowest BCUT2D eigenvalue weighted by Crippen LogP contribution is -2.56. The summed E-state index contributed by atoms with van der Waals surface area (Å²) in [7, 11) is 0. The first kappa shape index (κ1) is 21.1. The summed E-state index contributed by atoms with van der Waals surface area (Å²) in [6.45, 7) is 5.02. The highest BCUT2D eigenvalue weighted by Crippen LogP contribution is 2.35. The minimum absolute atomic E-state index is 0.0172. The van der Waals surface area contributed by atoms with Gasteiger partial charge in [0.1, 0.15) is 11.1 Å². The number of likely N-dealkylation sites (tertiary alicyclic amines) is 1. The van der Waals surface area contributed by atoms with Gasteiger partial charge >= 0.3 is 6.03 Å². The van der Waals surface area contributed by atoms with E-state index in [4.69, 9.17) is 4.42 Å². The van der Waals surface area contributed by atoms with E-state index in [1.165, 1.54) is 6.07 Å². The monoisotopic (exact) mass is 425 g/mol. The fraction of sp³-hybridized carbons (Fsp3) is 0.478. The van der Waals surface area contributed by atoms with Crippen LogP contribution >= 0.6 is 0 Å². The third-order valence-corrected chi connectivity index (χ3v) is 6.41. The summed E-state index contributed by atoms with van der Waals surface area (Å²) in [6.07, 6.45) is 2.54. The molecular weight excluding hydrogens is 398 g/mol. The molecule has 0 aliphatic carbocycles. The molecule has 4 rings (SSSR count). The van der Waals surface area contributed by atoms with Gasteiger partial charge in [0.2, 0.25) is 0 Å². The second-order valence-electron chi connectivity index (χ2n) is 8.85. The largest absolute Gasteiger partial charge is 0.451 e. The van der Waals surface area contributed by atoms with Gasteiger partial charge in [-0.3, -0.25) is 19.7 Å². The van der Waals surface area contributed by atoms with Crippen molar-refractivity contribution in [1.29, 1.82) is 0 Å². The van der Waals surface area contributed by atoms with Crippen LogP contribution in [-0.2, 0) is 4.79 Å². The molecule has 164 valence electrons. The van der Waals surface area contributed by atoms with Gasteiger partial charge in [-0.15, -0.1) is 0 Å². The number of imide groups is 1. The van der Waals surface area contributed by atoms with E-state index < -0.39 is 11.6 Å². The van der Waals surface area contributed by atoms with Gasteiger partial charge in [0, 0.05) is 19.2 Å². The number of piperidine rings is 1. The molecule has 31 heavy (non-hydrogen) atoms. The molecule has 1 atom stereocenters. The molecule has 2 N–H and O–H groups in total. The van der Waals surface area contributed by atoms with E-state index in [0.717, 1.165) is 6.42 Å². The molecule has 1 aromatic carbocycles. The van der Waals surface area contributed by atoms with Gasteiger partial charge in [-0.1, -0.05) is 26.0 Å². The first-order valence-electron chi connectivity index (χ1n) is 10.8. The molecular formula is C23H27N3O5. The quantitative estimate of drug-likeness (QED) is 0.716. The number of urea groups is 1. The number of para-hydroxylation sites is 1. The summed E-state index contributed by atoms with van der Waals surface area (Å²) >= 11 is 0. The molecule has 0 unspecified atom stereocenters. The molecule has 3 heterocycles. The highest BCUT2D eigenvalue weighted by molar-refractivity contribution is 6.07. The van der Waals surface area contributed by atoms with Crippen LogP contribution in [0, 0.1) is 11.8 Å². The fourth-order valence-electron chi connectivity index (χ4n) is 4.63. The van der Waals surface area contributed by atoms with Crippen molar-refractivity contribution in [3.05, 3.63) is 46.3 Å². The van der Waals surface area contributed by atoms with Crippen molar-refractivity contribution in [3.63, 3.8) is 0 Å². The first-order valence-corrected chi connectivity index (χ1v) is 10.8. The number of amides is 4. The third kappa shape index (κ3) is 3.94. The highest BCUT2D eigenvalue weighted by Gasteiger charge is 2.52. The van der Waals surface area contributed by atoms with Crippen molar-refractivity contribution < 1.29 is 18.8 Å². The molecule has 8 heteroatoms. The standard InChI is InChI=1S/C23H27N3O5/c1-14(2)7-10-23(21(29)24-22(30)25-23)15-8-11-26(12-9-15)20(28)19-13-17(27)16-5-3-4-6-18(16)31-19/h3-6,13-15H,7-12H2,1-2H3,(H2,24,25,29,30)/t23-/m1/s1. The van der Waals surface area contributed by atoms with Crippen LogP contribution in [0.1, 0.15) is 50.1 Å². The lowest BCUT2D eigenvalue weighted by atomic mass is 9.74. The molecule has 0 saturated carbocycles. The second-order valence-corrected chi connectivity index (χ2v) is 8.85. The summed E-state index contributed by atoms with van der Waals surface area (Å²) in [6, 6.07) is 7.62. The Balaban J connectivity index is 1.50. The van der Waals surface area contributed by atoms with Crippen LogP contribution < -0.4 is 16.1 Å². The van der Waals surface area contributed by atoms with Gasteiger partial charge in [-0.25, -0.2) is 4.79 Å². The van der Waals surface area contributed by atoms with Crippen LogP contribution in [0.15, 0.2) is 39.5 Å². The van der Waals surface area contributed by atoms with Crippen LogP contribution in [0.2, 0.25) is 0 Å². The average molecular weight is 425 g/mol. The minimum atomic E-state index is -0.925. The minimum Gasteiger partial charge on any atom is -0.451 e. The fourth-order valence-corrected chi connectivity index (χ4v) is 4.63. The Morgan fingerprint density at radius 1 is 1.19 bits per heavy atom. The Morgan fingerprint density at radius 2 is 1.90 bits per heavy atom. The Morgan fingerprint density at radius 3 is 2.55 bits per heavy atom. The van der Waals surface area contributed by atoms with Gasteiger partial charge in [0.05, 0.1) is 5.39 Å². The number of carbonyl (C=O) groups excluding carboxylic acids is 3. The molecule has 4 amide bonds. The Labute approximate surface area is 180 Å². The number of nitrogens with one attached hydrogen (secondary N) is 2. The van der Waals surface area contributed by atoms with E-state index in [9.17, 15) is 19.2 Å². The Hall–Kier alpha value is -3.16. The zero-order valence-corrected chi connectivity index (χ0v) is 17.8. The van der Waals surface area contributed by atoms with Crippen molar-refractivity contribution in [2.24, 2.45) is 11.8 Å². The molecule has 0 bridgehead atoms. The second kappa shape index (κ2) is 8.17. The number of fused-ring (bicyclic) bond motifs is 1. The lowest BCUT2D eigenvalue weighted by Gasteiger charge is -2.40. The molecule has 2 aliphatic heterocycles. The number of benzene rings is 1. The maximum atomic E-state index is 13.0. The number of hydrogen-bond acceptors (Lipinski definition) is 5. The number of carbonyl (C=O) groups is 3. The van der Waals surface area contributed by atoms with Crippen LogP contribution in [0.5, 0.6) is 0 Å². The van der Waals surface area contributed by atoms with Gasteiger partial charge in [0.25, 0.3) is 11.8 Å². The topological polar surface area (TPSA) is 109 Å². The zero-order valence-electron chi connectivity index (χ0n) is 17.8. The SMILES string of the molecule is CC(C)CC[C@]1(C2CCN(C(=O)c3cc(=O)c4ccccc4o3)CC2)NC(=O)NC1=O. The van der Waals surface area contributed by atoms with E-state index in [2.05, 4.69) is 24.5 Å². The van der Waals surface area contributed by atoms with Crippen molar-refractivity contribution in [2.75, 3.05) is 13.1 Å². The molecule has 0 spiro atoms. The van der Waals surface area contributed by atoms with Crippen LogP contribution in [-0.4, -0.2) is 41.4 Å². The van der Waals surface area contributed by atoms with Crippen LogP contribution in [0.4, 0.5) is 4.79 Å². The molecule has 2 aromatic rings. The van der Waals surface area contributed by atoms with Crippen LogP contribution in [0.25, 0.3) is 11.0 Å². The van der Waals surface area contributed by atoms with Crippen molar-refractivity contribution in [3.8, 4) is 0 Å². The van der Waals surface area contributed by atoms with Crippen molar-refractivity contribution >= 4 is 28.8 Å². The molecule has 2 saturated heterocycles. The molecule has 2 aliphatic rings. The maximum Gasteiger partial charge on any atom is 0.322 e. The predicted octanol–water partition coefficient (Wildman–Crippen LogP) is 2.66. The maximum absolute atomic E-state index is 13.0. The predicted molar refractivity (Wildman–Crippen MR) is 115 cm³/mol. The van der Waals surface area contributed by atoms with E-state index in [1.807, 2.05) is 0 Å². The molecule has 2 fully saturated rings. The van der Waals surface area contributed by atoms with Gasteiger partial charge in [-0.2, -0.15) is 0 Å². The summed E-state index contributed by atoms with van der Waals surface area (Å²) in [5.41, 5.74) is -0.796. The Bertz CT molecular complexity index is 1080. The van der Waals surface area contributed by atoms with E-state index in [1.54, 1.807) is 29.2 Å². The normalized spacial score (nSPS) is 22.1. The summed E-state index contributed by atoms with van der Waals surface area (Å²) < 4.78 is 5.69. The first-order chi connectivity index (χ1) is 14.8. The van der Waals surface area contributed by atoms with Gasteiger partial charge < -0.3 is 14.6 Å². The summed E-state index contributed by atoms with van der Waals surface area (Å²) in [5.74, 6) is -0.255. The van der Waals surface area contributed by atoms with Gasteiger partial charge in [0.15, 0.2) is 11.2 Å². The zero-order chi connectivity index (χ0) is 22.2. The number of hydrogen-bond donors (Lipinski definition) is 2. The van der Waals surface area contributed by atoms with E-state index in [-0.39, 0.29) is 28.9 Å². The van der Waals surface area contributed by atoms with Crippen molar-refractivity contribution in [1.82, 2.24) is 15.5 Å². The molecule has 8 nitrogen and oxygen atoms in total. The lowest BCUT2D eigenvalue weighted by molar-refractivity contribution is -0.127. The number of nitrogens with zero attached hydrogens (tertiary/aromatic N) is 1. The van der Waals surface area contributed by atoms with Crippen molar-refractivity contribution in [2.45, 2.75) is 45.1 Å². The molecule has 0 radical (unpaired) electrons. The highest BCUT2D eigenvalue weighted by atomic mass is 16.3. The smallest absolute Gasteiger partial charge is 0.322 e.